The number of nitrogens with zero attached hydrogens (tertiary/aromatic N) is 3. The molecule has 7 aromatic rings. The van der Waals surface area contributed by atoms with Gasteiger partial charge in [0.2, 0.25) is 15.9 Å². The lowest BCUT2D eigenvalue weighted by Crippen LogP contribution is -2.49. The van der Waals surface area contributed by atoms with Crippen LogP contribution >= 0.6 is 22.7 Å². The second-order valence-corrected chi connectivity index (χ2v) is 16.6. The summed E-state index contributed by atoms with van der Waals surface area (Å²) in [5.74, 6) is -1.20. The van der Waals surface area contributed by atoms with Crippen molar-refractivity contribution in [1.82, 2.24) is 19.2 Å². The summed E-state index contributed by atoms with van der Waals surface area (Å²) in [4.78, 5) is 37.0. The number of sulfonamides is 1. The van der Waals surface area contributed by atoms with Gasteiger partial charge in [0.1, 0.15) is 0 Å². The monoisotopic (exact) mass is 779 g/mol. The number of amides is 2. The van der Waals surface area contributed by atoms with Crippen molar-refractivity contribution in [2.24, 2.45) is 5.73 Å². The number of methoxy groups -OCH3 is 1. The molecular formula is C40H37N5O6S3. The molecule has 4 aromatic carbocycles. The molecule has 0 spiro atoms. The number of aromatic nitrogens is 2. The van der Waals surface area contributed by atoms with E-state index in [1.54, 1.807) is 36.0 Å². The van der Waals surface area contributed by atoms with Crippen LogP contribution in [-0.4, -0.2) is 64.5 Å². The van der Waals surface area contributed by atoms with E-state index in [0.29, 0.717) is 15.3 Å². The number of carbonyl (C=O) groups is 2. The van der Waals surface area contributed by atoms with Crippen molar-refractivity contribution >= 4 is 65.8 Å². The molecule has 4 N–H and O–H groups in total. The number of thiazole rings is 1. The first kappa shape index (κ1) is 37.1. The summed E-state index contributed by atoms with van der Waals surface area (Å²) in [6.07, 6.45) is 0.890. The highest BCUT2D eigenvalue weighted by atomic mass is 32.2. The minimum Gasteiger partial charge on any atom is -0.452 e. The molecule has 276 valence electrons. The molecule has 2 amide bonds. The maximum absolute atomic E-state index is 14.6. The quantitative estimate of drug-likeness (QED) is 0.113. The first-order valence-corrected chi connectivity index (χ1v) is 20.2. The molecule has 11 nitrogen and oxygen atoms in total. The standard InChI is InChI=1S/C40H37N5O6S3/c1-51-40(48)44(39(47)38(41)37(26-10-4-2-5-11-26)27-12-6-3-7-13-27)23-29-16-19-35(53-29)34(24-46)45(22-28-21-42-32-15-9-8-14-31(28)32)54(49,50)30-17-18-33-36(20-30)52-25-43-33/h2-21,25,34,37-38,42,46H,22-24,41H2,1H3/t34?,38-/m0/s1. The smallest absolute Gasteiger partial charge is 0.416 e. The number of thiophene rings is 1. The number of aliphatic hydroxyl groups is 1. The van der Waals surface area contributed by atoms with Crippen LogP contribution in [-0.2, 0) is 32.6 Å². The Bertz CT molecular complexity index is 2460. The van der Waals surface area contributed by atoms with Crippen LogP contribution in [0.25, 0.3) is 21.1 Å². The number of hydrogen-bond acceptors (Lipinski definition) is 10. The Kier molecular flexibility index (Phi) is 11.0. The average Bonchev–Trinajstić information content (AvgIpc) is 3.97. The van der Waals surface area contributed by atoms with E-state index in [4.69, 9.17) is 10.5 Å². The van der Waals surface area contributed by atoms with Crippen LogP contribution < -0.4 is 5.73 Å². The molecule has 0 aliphatic carbocycles. The highest BCUT2D eigenvalue weighted by Crippen LogP contribution is 2.36. The summed E-state index contributed by atoms with van der Waals surface area (Å²) in [6.45, 7) is -0.770. The first-order valence-electron chi connectivity index (χ1n) is 17.0. The van der Waals surface area contributed by atoms with Crippen LogP contribution in [0.3, 0.4) is 0 Å². The third-order valence-electron chi connectivity index (χ3n) is 9.38. The van der Waals surface area contributed by atoms with Crippen molar-refractivity contribution < 1.29 is 27.9 Å². The van der Waals surface area contributed by atoms with Crippen LogP contribution in [0.2, 0.25) is 0 Å². The summed E-state index contributed by atoms with van der Waals surface area (Å²) in [5, 5.41) is 11.8. The van der Waals surface area contributed by atoms with Gasteiger partial charge in [0.25, 0.3) is 0 Å². The zero-order valence-electron chi connectivity index (χ0n) is 29.1. The Morgan fingerprint density at radius 2 is 1.59 bits per heavy atom. The third-order valence-corrected chi connectivity index (χ3v) is 13.2. The van der Waals surface area contributed by atoms with Crippen molar-refractivity contribution in [3.05, 3.63) is 153 Å². The third kappa shape index (κ3) is 7.44. The summed E-state index contributed by atoms with van der Waals surface area (Å²) in [5.41, 5.74) is 12.3. The molecule has 0 radical (unpaired) electrons. The van der Waals surface area contributed by atoms with Crippen molar-refractivity contribution in [2.75, 3.05) is 13.7 Å². The Hall–Kier alpha value is -5.22. The summed E-state index contributed by atoms with van der Waals surface area (Å²) < 4.78 is 36.2. The zero-order valence-corrected chi connectivity index (χ0v) is 31.6. The highest BCUT2D eigenvalue weighted by molar-refractivity contribution is 7.89. The molecule has 3 heterocycles. The number of carbonyl (C=O) groups excluding carboxylic acids is 2. The number of para-hydroxylation sites is 1. The van der Waals surface area contributed by atoms with Crippen molar-refractivity contribution in [1.29, 1.82) is 0 Å². The second-order valence-electron chi connectivity index (χ2n) is 12.6. The highest BCUT2D eigenvalue weighted by Gasteiger charge is 2.37. The molecule has 0 aliphatic rings. The van der Waals surface area contributed by atoms with E-state index in [9.17, 15) is 23.1 Å². The molecule has 0 saturated carbocycles. The van der Waals surface area contributed by atoms with Gasteiger partial charge in [-0.15, -0.1) is 22.7 Å². The van der Waals surface area contributed by atoms with Gasteiger partial charge in [-0.05, 0) is 53.1 Å². The number of rotatable bonds is 13. The molecule has 7 rings (SSSR count). The number of fused-ring (bicyclic) bond motifs is 2. The molecular weight excluding hydrogens is 743 g/mol. The maximum atomic E-state index is 14.6. The molecule has 3 aromatic heterocycles. The fourth-order valence-corrected chi connectivity index (χ4v) is 10.2. The van der Waals surface area contributed by atoms with Gasteiger partial charge in [0.15, 0.2) is 0 Å². The molecule has 0 fully saturated rings. The number of aromatic amines is 1. The first-order chi connectivity index (χ1) is 26.2. The van der Waals surface area contributed by atoms with Gasteiger partial charge in [0, 0.05) is 39.3 Å². The lowest BCUT2D eigenvalue weighted by molar-refractivity contribution is -0.131. The van der Waals surface area contributed by atoms with Gasteiger partial charge in [-0.25, -0.2) is 23.1 Å². The van der Waals surface area contributed by atoms with Crippen molar-refractivity contribution in [3.63, 3.8) is 0 Å². The zero-order chi connectivity index (χ0) is 37.8. The van der Waals surface area contributed by atoms with Crippen LogP contribution in [0.4, 0.5) is 4.79 Å². The Labute approximate surface area is 320 Å². The molecule has 2 atom stereocenters. The average molecular weight is 780 g/mol. The summed E-state index contributed by atoms with van der Waals surface area (Å²) in [6, 6.07) is 32.4. The van der Waals surface area contributed by atoms with Gasteiger partial charge in [-0.1, -0.05) is 78.9 Å². The lowest BCUT2D eigenvalue weighted by Gasteiger charge is -2.29. The van der Waals surface area contributed by atoms with Crippen LogP contribution in [0, 0.1) is 0 Å². The number of nitrogens with one attached hydrogen (secondary N) is 1. The summed E-state index contributed by atoms with van der Waals surface area (Å²) >= 11 is 2.53. The Morgan fingerprint density at radius 1 is 0.907 bits per heavy atom. The minimum absolute atomic E-state index is 0.0481. The topological polar surface area (TPSA) is 159 Å². The summed E-state index contributed by atoms with van der Waals surface area (Å²) in [7, 11) is -3.01. The Balaban J connectivity index is 1.22. The lowest BCUT2D eigenvalue weighted by atomic mass is 9.85. The van der Waals surface area contributed by atoms with E-state index in [0.717, 1.165) is 37.2 Å². The van der Waals surface area contributed by atoms with Crippen LogP contribution in [0.5, 0.6) is 0 Å². The van der Waals surface area contributed by atoms with Gasteiger partial charge in [-0.3, -0.25) is 4.79 Å². The molecule has 0 bridgehead atoms. The molecule has 54 heavy (non-hydrogen) atoms. The van der Waals surface area contributed by atoms with E-state index in [2.05, 4.69) is 9.97 Å². The fraction of sp³-hybridized carbons (Fsp3) is 0.175. The van der Waals surface area contributed by atoms with Gasteiger partial charge in [0.05, 0.1) is 53.0 Å². The normalized spacial score (nSPS) is 13.1. The SMILES string of the molecule is COC(=O)N(Cc1ccc(C(CO)N(Cc2c[nH]c3ccccc23)S(=O)(=O)c2ccc3ncsc3c2)s1)C(=O)[C@@H](N)C(c1ccccc1)c1ccccc1. The molecule has 1 unspecified atom stereocenters. The van der Waals surface area contributed by atoms with E-state index in [-0.39, 0.29) is 18.0 Å². The van der Waals surface area contributed by atoms with Crippen LogP contribution in [0.15, 0.2) is 132 Å². The van der Waals surface area contributed by atoms with Gasteiger partial charge < -0.3 is 20.6 Å². The van der Waals surface area contributed by atoms with Gasteiger partial charge in [-0.2, -0.15) is 4.31 Å². The number of nitrogens with two attached hydrogens (primary N) is 1. The van der Waals surface area contributed by atoms with E-state index in [1.165, 1.54) is 40.2 Å². The van der Waals surface area contributed by atoms with Gasteiger partial charge >= 0.3 is 6.09 Å². The van der Waals surface area contributed by atoms with E-state index >= 15 is 0 Å². The largest absolute Gasteiger partial charge is 0.452 e. The van der Waals surface area contributed by atoms with Crippen molar-refractivity contribution in [2.45, 2.75) is 36.0 Å². The number of ether oxygens (including phenoxy) is 1. The number of imide groups is 1. The molecule has 14 heteroatoms. The number of aliphatic hydroxyl groups excluding tert-OH is 1. The van der Waals surface area contributed by atoms with Crippen LogP contribution in [0.1, 0.15) is 38.4 Å². The number of H-pyrrole nitrogens is 1. The fourth-order valence-electron chi connectivity index (χ4n) is 6.65. The second kappa shape index (κ2) is 16.0. The maximum Gasteiger partial charge on any atom is 0.416 e. The molecule has 0 aliphatic heterocycles. The van der Waals surface area contributed by atoms with Crippen molar-refractivity contribution in [3.8, 4) is 0 Å². The Morgan fingerprint density at radius 3 is 2.28 bits per heavy atom. The number of hydrogen-bond donors (Lipinski definition) is 3. The number of benzene rings is 4. The molecule has 0 saturated heterocycles. The predicted molar refractivity (Wildman–Crippen MR) is 210 cm³/mol. The predicted octanol–water partition coefficient (Wildman–Crippen LogP) is 7.02. The minimum atomic E-state index is -4.20. The van der Waals surface area contributed by atoms with E-state index < -0.39 is 46.6 Å². The van der Waals surface area contributed by atoms with E-state index in [1.807, 2.05) is 84.9 Å².